The van der Waals surface area contributed by atoms with Crippen LogP contribution in [0, 0.1) is 0 Å². The van der Waals surface area contributed by atoms with Crippen LogP contribution in [0.3, 0.4) is 0 Å². The van der Waals surface area contributed by atoms with Gasteiger partial charge in [-0.1, -0.05) is 12.8 Å². The van der Waals surface area contributed by atoms with Crippen LogP contribution in [-0.4, -0.2) is 45.4 Å². The Morgan fingerprint density at radius 1 is 1.10 bits per heavy atom. The molecular formula is C13H24N2O4S. The molecule has 1 heterocycles. The quantitative estimate of drug-likeness (QED) is 0.588. The zero-order chi connectivity index (χ0) is 14.8. The molecule has 20 heavy (non-hydrogen) atoms. The smallest absolute Gasteiger partial charge is 0.315 e. The molecule has 1 aliphatic heterocycles. The molecule has 116 valence electrons. The molecule has 0 radical (unpaired) electrons. The zero-order valence-corrected chi connectivity index (χ0v) is 12.5. The number of carboxylic acids is 1. The third kappa shape index (κ3) is 8.14. The second kappa shape index (κ2) is 9.74. The van der Waals surface area contributed by atoms with Crippen molar-refractivity contribution in [2.45, 2.75) is 51.0 Å². The Bertz CT molecular complexity index is 339. The van der Waals surface area contributed by atoms with Crippen molar-refractivity contribution >= 4 is 22.8 Å². The van der Waals surface area contributed by atoms with Crippen molar-refractivity contribution in [1.82, 2.24) is 10.6 Å². The summed E-state index contributed by atoms with van der Waals surface area (Å²) in [6, 6.07) is -0.0171. The molecular weight excluding hydrogens is 280 g/mol. The van der Waals surface area contributed by atoms with Gasteiger partial charge in [-0.05, 0) is 25.7 Å². The van der Waals surface area contributed by atoms with Crippen molar-refractivity contribution in [1.29, 1.82) is 0 Å². The zero-order valence-electron chi connectivity index (χ0n) is 11.7. The number of aliphatic carboxylic acids is 1. The fourth-order valence-electron chi connectivity index (χ4n) is 2.13. The molecule has 0 unspecified atom stereocenters. The molecule has 0 aromatic rings. The van der Waals surface area contributed by atoms with E-state index in [2.05, 4.69) is 10.6 Å². The van der Waals surface area contributed by atoms with E-state index in [1.165, 1.54) is 0 Å². The summed E-state index contributed by atoms with van der Waals surface area (Å²) in [6.07, 6.45) is 5.16. The number of urea groups is 1. The average Bonchev–Trinajstić information content (AvgIpc) is 2.40. The standard InChI is InChI=1S/C13H24N2O4S/c16-12(17)5-3-1-2-4-8-14-13(18)15-11-6-9-20(19)10-7-11/h11H,1-10H2,(H,16,17)(H2,14,15,18). The van der Waals surface area contributed by atoms with Gasteiger partial charge in [0.05, 0.1) is 0 Å². The Morgan fingerprint density at radius 2 is 1.75 bits per heavy atom. The second-order valence-electron chi connectivity index (χ2n) is 5.08. The van der Waals surface area contributed by atoms with Crippen molar-refractivity contribution in [2.75, 3.05) is 18.1 Å². The van der Waals surface area contributed by atoms with Gasteiger partial charge in [0.1, 0.15) is 0 Å². The van der Waals surface area contributed by atoms with Crippen molar-refractivity contribution in [2.24, 2.45) is 0 Å². The van der Waals surface area contributed by atoms with E-state index in [1.54, 1.807) is 0 Å². The van der Waals surface area contributed by atoms with Crippen LogP contribution in [0.25, 0.3) is 0 Å². The minimum absolute atomic E-state index is 0.142. The maximum absolute atomic E-state index is 11.6. The number of unbranched alkanes of at least 4 members (excludes halogenated alkanes) is 3. The molecule has 6 nitrogen and oxygen atoms in total. The molecule has 0 aliphatic carbocycles. The topological polar surface area (TPSA) is 95.5 Å². The lowest BCUT2D eigenvalue weighted by molar-refractivity contribution is -0.137. The SMILES string of the molecule is O=C(O)CCCCCCNC(=O)NC1CCS(=O)CC1. The third-order valence-electron chi connectivity index (χ3n) is 3.33. The molecule has 0 atom stereocenters. The summed E-state index contributed by atoms with van der Waals surface area (Å²) >= 11 is 0. The number of nitrogens with one attached hydrogen (secondary N) is 2. The minimum atomic E-state index is -0.754. The third-order valence-corrected chi connectivity index (χ3v) is 4.71. The number of amides is 2. The highest BCUT2D eigenvalue weighted by atomic mass is 32.2. The molecule has 0 saturated carbocycles. The van der Waals surface area contributed by atoms with E-state index in [0.29, 0.717) is 24.5 Å². The first-order valence-corrected chi connectivity index (χ1v) is 8.68. The summed E-state index contributed by atoms with van der Waals surface area (Å²) < 4.78 is 11.2. The van der Waals surface area contributed by atoms with E-state index in [0.717, 1.165) is 32.1 Å². The first-order chi connectivity index (χ1) is 9.58. The predicted molar refractivity (Wildman–Crippen MR) is 78.2 cm³/mol. The van der Waals surface area contributed by atoms with Gasteiger partial charge in [-0.15, -0.1) is 0 Å². The molecule has 1 rings (SSSR count). The summed E-state index contributed by atoms with van der Waals surface area (Å²) in [5, 5.41) is 14.2. The highest BCUT2D eigenvalue weighted by Gasteiger charge is 2.18. The molecule has 1 saturated heterocycles. The highest BCUT2D eigenvalue weighted by Crippen LogP contribution is 2.08. The maximum atomic E-state index is 11.6. The molecule has 0 aromatic heterocycles. The molecule has 7 heteroatoms. The lowest BCUT2D eigenvalue weighted by Gasteiger charge is -2.22. The van der Waals surface area contributed by atoms with Crippen molar-refractivity contribution in [3.05, 3.63) is 0 Å². The van der Waals surface area contributed by atoms with Crippen LogP contribution in [-0.2, 0) is 15.6 Å². The number of carbonyl (C=O) groups excluding carboxylic acids is 1. The molecule has 0 aromatic carbocycles. The summed E-state index contributed by atoms with van der Waals surface area (Å²) in [6.45, 7) is 0.609. The normalized spacial score (nSPS) is 22.2. The van der Waals surface area contributed by atoms with Gasteiger partial charge in [0, 0.05) is 41.3 Å². The molecule has 0 spiro atoms. The first-order valence-electron chi connectivity index (χ1n) is 7.19. The summed E-state index contributed by atoms with van der Waals surface area (Å²) in [5.41, 5.74) is 0. The van der Waals surface area contributed by atoms with Crippen LogP contribution in [0.1, 0.15) is 44.9 Å². The number of hydrogen-bond donors (Lipinski definition) is 3. The molecule has 1 fully saturated rings. The second-order valence-corrected chi connectivity index (χ2v) is 6.78. The number of carboxylic acid groups (broad SMARTS) is 1. The summed E-state index contributed by atoms with van der Waals surface area (Å²) in [7, 11) is -0.703. The molecule has 3 N–H and O–H groups in total. The largest absolute Gasteiger partial charge is 0.481 e. The van der Waals surface area contributed by atoms with Crippen LogP contribution in [0.2, 0.25) is 0 Å². The predicted octanol–water partition coefficient (Wildman–Crippen LogP) is 1.23. The maximum Gasteiger partial charge on any atom is 0.315 e. The lowest BCUT2D eigenvalue weighted by Crippen LogP contribution is -2.45. The molecule has 0 bridgehead atoms. The van der Waals surface area contributed by atoms with E-state index in [1.807, 2.05) is 0 Å². The number of hydrogen-bond acceptors (Lipinski definition) is 3. The molecule has 2 amide bonds. The van der Waals surface area contributed by atoms with Gasteiger partial charge in [0.25, 0.3) is 0 Å². The Labute approximate surface area is 122 Å². The van der Waals surface area contributed by atoms with E-state index in [-0.39, 0.29) is 18.5 Å². The van der Waals surface area contributed by atoms with Gasteiger partial charge in [-0.3, -0.25) is 9.00 Å². The fourth-order valence-corrected chi connectivity index (χ4v) is 3.43. The van der Waals surface area contributed by atoms with Crippen molar-refractivity contribution in [3.63, 3.8) is 0 Å². The van der Waals surface area contributed by atoms with Crippen LogP contribution < -0.4 is 10.6 Å². The van der Waals surface area contributed by atoms with Gasteiger partial charge < -0.3 is 15.7 Å². The number of rotatable bonds is 8. The average molecular weight is 304 g/mol. The van der Waals surface area contributed by atoms with Crippen LogP contribution in [0.4, 0.5) is 4.79 Å². The van der Waals surface area contributed by atoms with E-state index in [9.17, 15) is 13.8 Å². The van der Waals surface area contributed by atoms with E-state index >= 15 is 0 Å². The monoisotopic (exact) mass is 304 g/mol. The van der Waals surface area contributed by atoms with Gasteiger partial charge in [0.2, 0.25) is 0 Å². The van der Waals surface area contributed by atoms with E-state index < -0.39 is 16.8 Å². The summed E-state index contributed by atoms with van der Waals surface area (Å²) in [5.74, 6) is 0.596. The summed E-state index contributed by atoms with van der Waals surface area (Å²) in [4.78, 5) is 21.9. The highest BCUT2D eigenvalue weighted by molar-refractivity contribution is 7.85. The fraction of sp³-hybridized carbons (Fsp3) is 0.846. The Morgan fingerprint density at radius 3 is 2.40 bits per heavy atom. The number of carbonyl (C=O) groups is 2. The minimum Gasteiger partial charge on any atom is -0.481 e. The van der Waals surface area contributed by atoms with Gasteiger partial charge in [-0.2, -0.15) is 0 Å². The van der Waals surface area contributed by atoms with Gasteiger partial charge in [0.15, 0.2) is 0 Å². The Balaban J connectivity index is 1.95. The van der Waals surface area contributed by atoms with E-state index in [4.69, 9.17) is 5.11 Å². The first kappa shape index (κ1) is 16.9. The van der Waals surface area contributed by atoms with Crippen LogP contribution in [0.15, 0.2) is 0 Å². The van der Waals surface area contributed by atoms with Gasteiger partial charge in [-0.25, -0.2) is 4.79 Å². The van der Waals surface area contributed by atoms with Crippen LogP contribution in [0.5, 0.6) is 0 Å². The van der Waals surface area contributed by atoms with Crippen molar-refractivity contribution < 1.29 is 18.9 Å². The van der Waals surface area contributed by atoms with Gasteiger partial charge >= 0.3 is 12.0 Å². The molecule has 1 aliphatic rings. The Kier molecular flexibility index (Phi) is 8.25. The lowest BCUT2D eigenvalue weighted by atomic mass is 10.1. The van der Waals surface area contributed by atoms with Crippen LogP contribution >= 0.6 is 0 Å². The van der Waals surface area contributed by atoms with Crippen molar-refractivity contribution in [3.8, 4) is 0 Å². The Hall–Kier alpha value is -1.11.